The van der Waals surface area contributed by atoms with Crippen molar-refractivity contribution in [1.29, 1.82) is 0 Å². The predicted octanol–water partition coefficient (Wildman–Crippen LogP) is 3.62. The summed E-state index contributed by atoms with van der Waals surface area (Å²) in [6.07, 6.45) is 1.94. The second-order valence-electron chi connectivity index (χ2n) is 8.13. The van der Waals surface area contributed by atoms with Crippen LogP contribution in [0.3, 0.4) is 0 Å². The van der Waals surface area contributed by atoms with Crippen LogP contribution in [0.1, 0.15) is 17.5 Å². The van der Waals surface area contributed by atoms with E-state index in [4.69, 9.17) is 16.3 Å². The van der Waals surface area contributed by atoms with Crippen molar-refractivity contribution in [2.45, 2.75) is 20.3 Å². The van der Waals surface area contributed by atoms with E-state index in [9.17, 15) is 9.59 Å². The number of carbonyl (C=O) groups excluding carboxylic acids is 1. The van der Waals surface area contributed by atoms with Crippen molar-refractivity contribution >= 4 is 23.2 Å². The molecule has 7 nitrogen and oxygen atoms in total. The van der Waals surface area contributed by atoms with Gasteiger partial charge in [0.25, 0.3) is 5.56 Å². The Balaban J connectivity index is 1.33. The van der Waals surface area contributed by atoms with E-state index in [-0.39, 0.29) is 16.5 Å². The molecule has 1 saturated heterocycles. The maximum absolute atomic E-state index is 12.7. The predicted molar refractivity (Wildman–Crippen MR) is 130 cm³/mol. The van der Waals surface area contributed by atoms with Crippen LogP contribution in [-0.2, 0) is 4.79 Å². The number of halogens is 1. The number of amides is 1. The zero-order valence-corrected chi connectivity index (χ0v) is 19.6. The number of aryl methyl sites for hydroxylation is 2. The molecule has 0 atom stereocenters. The Morgan fingerprint density at radius 2 is 1.79 bits per heavy atom. The monoisotopic (exact) mass is 466 g/mol. The lowest BCUT2D eigenvalue weighted by Crippen LogP contribution is -2.49. The molecule has 0 radical (unpaired) electrons. The number of hydrogen-bond acceptors (Lipinski definition) is 5. The molecule has 3 aromatic rings. The van der Waals surface area contributed by atoms with Gasteiger partial charge in [0.15, 0.2) is 0 Å². The van der Waals surface area contributed by atoms with E-state index in [2.05, 4.69) is 5.10 Å². The number of nitrogens with zero attached hydrogens (tertiary/aromatic N) is 4. The molecule has 1 fully saturated rings. The maximum atomic E-state index is 12.7. The van der Waals surface area contributed by atoms with Crippen LogP contribution >= 0.6 is 11.6 Å². The Morgan fingerprint density at radius 3 is 2.52 bits per heavy atom. The average molecular weight is 467 g/mol. The molecule has 1 aliphatic heterocycles. The van der Waals surface area contributed by atoms with Gasteiger partial charge in [-0.2, -0.15) is 9.78 Å². The number of carbonyl (C=O) groups is 1. The zero-order valence-electron chi connectivity index (χ0n) is 18.8. The number of ether oxygens (including phenoxy) is 1. The highest BCUT2D eigenvalue weighted by Gasteiger charge is 2.24. The molecule has 0 spiro atoms. The van der Waals surface area contributed by atoms with E-state index >= 15 is 0 Å². The van der Waals surface area contributed by atoms with Crippen LogP contribution in [0.15, 0.2) is 59.5 Å². The van der Waals surface area contributed by atoms with E-state index < -0.39 is 0 Å². The van der Waals surface area contributed by atoms with Gasteiger partial charge in [-0.15, -0.1) is 0 Å². The molecule has 0 saturated carbocycles. The Morgan fingerprint density at radius 1 is 1.06 bits per heavy atom. The number of para-hydroxylation sites is 1. The maximum Gasteiger partial charge on any atom is 0.292 e. The minimum absolute atomic E-state index is 0.0590. The third-order valence-corrected chi connectivity index (χ3v) is 6.15. The third kappa shape index (κ3) is 5.20. The van der Waals surface area contributed by atoms with Crippen LogP contribution in [0.2, 0.25) is 5.02 Å². The van der Waals surface area contributed by atoms with Gasteiger partial charge in [-0.25, -0.2) is 0 Å². The molecule has 4 rings (SSSR count). The van der Waals surface area contributed by atoms with Crippen molar-refractivity contribution in [2.24, 2.45) is 0 Å². The molecule has 0 unspecified atom stereocenters. The lowest BCUT2D eigenvalue weighted by molar-refractivity contribution is -0.132. The van der Waals surface area contributed by atoms with Crippen molar-refractivity contribution in [3.8, 4) is 11.4 Å². The lowest BCUT2D eigenvalue weighted by atomic mass is 10.1. The molecule has 1 amide bonds. The Bertz CT molecular complexity index is 1190. The van der Waals surface area contributed by atoms with E-state index in [0.29, 0.717) is 50.6 Å². The molecular formula is C25H27ClN4O3. The highest BCUT2D eigenvalue weighted by atomic mass is 35.5. The topological polar surface area (TPSA) is 67.7 Å². The van der Waals surface area contributed by atoms with Gasteiger partial charge in [0.05, 0.1) is 30.6 Å². The van der Waals surface area contributed by atoms with E-state index in [0.717, 1.165) is 16.9 Å². The molecular weight excluding hydrogens is 440 g/mol. The second-order valence-corrected chi connectivity index (χ2v) is 8.51. The molecule has 33 heavy (non-hydrogen) atoms. The van der Waals surface area contributed by atoms with Crippen molar-refractivity contribution in [3.63, 3.8) is 0 Å². The highest BCUT2D eigenvalue weighted by Crippen LogP contribution is 2.23. The first kappa shape index (κ1) is 22.9. The molecule has 2 aromatic carbocycles. The van der Waals surface area contributed by atoms with Gasteiger partial charge < -0.3 is 14.5 Å². The van der Waals surface area contributed by atoms with Crippen LogP contribution in [-0.4, -0.2) is 53.4 Å². The van der Waals surface area contributed by atoms with Gasteiger partial charge in [-0.05, 0) is 43.2 Å². The van der Waals surface area contributed by atoms with E-state index in [1.165, 1.54) is 4.68 Å². The fraction of sp³-hybridized carbons (Fsp3) is 0.320. The Hall–Kier alpha value is -3.32. The summed E-state index contributed by atoms with van der Waals surface area (Å²) >= 11 is 6.42. The first-order chi connectivity index (χ1) is 15.9. The van der Waals surface area contributed by atoms with Crippen LogP contribution in [0, 0.1) is 13.8 Å². The van der Waals surface area contributed by atoms with Crippen LogP contribution in [0.25, 0.3) is 5.69 Å². The highest BCUT2D eigenvalue weighted by molar-refractivity contribution is 6.33. The number of hydrogen-bond donors (Lipinski definition) is 0. The fourth-order valence-corrected chi connectivity index (χ4v) is 4.11. The number of benzene rings is 2. The minimum Gasteiger partial charge on any atom is -0.493 e. The molecule has 2 heterocycles. The van der Waals surface area contributed by atoms with E-state index in [1.54, 1.807) is 18.3 Å². The number of piperazine rings is 1. The number of aromatic nitrogens is 2. The smallest absolute Gasteiger partial charge is 0.292 e. The second kappa shape index (κ2) is 10.1. The minimum atomic E-state index is -0.359. The molecule has 1 aromatic heterocycles. The van der Waals surface area contributed by atoms with Gasteiger partial charge >= 0.3 is 0 Å². The summed E-state index contributed by atoms with van der Waals surface area (Å²) in [6.45, 7) is 6.63. The first-order valence-electron chi connectivity index (χ1n) is 11.0. The average Bonchev–Trinajstić information content (AvgIpc) is 2.83. The number of anilines is 1. The van der Waals surface area contributed by atoms with Gasteiger partial charge in [-0.3, -0.25) is 9.59 Å². The summed E-state index contributed by atoms with van der Waals surface area (Å²) in [5.41, 5.74) is 3.08. The molecule has 0 bridgehead atoms. The number of rotatable bonds is 6. The van der Waals surface area contributed by atoms with Crippen molar-refractivity contribution in [2.75, 3.05) is 37.7 Å². The molecule has 0 N–H and O–H groups in total. The summed E-state index contributed by atoms with van der Waals surface area (Å²) in [4.78, 5) is 29.2. The summed E-state index contributed by atoms with van der Waals surface area (Å²) in [5, 5.41) is 4.44. The Labute approximate surface area is 198 Å². The lowest BCUT2D eigenvalue weighted by Gasteiger charge is -2.36. The zero-order chi connectivity index (χ0) is 23.4. The molecule has 172 valence electrons. The van der Waals surface area contributed by atoms with Crippen LogP contribution < -0.4 is 15.2 Å². The normalized spacial score (nSPS) is 13.8. The quantitative estimate of drug-likeness (QED) is 0.555. The largest absolute Gasteiger partial charge is 0.493 e. The van der Waals surface area contributed by atoms with Crippen molar-refractivity contribution in [3.05, 3.63) is 81.2 Å². The van der Waals surface area contributed by atoms with Crippen molar-refractivity contribution in [1.82, 2.24) is 14.7 Å². The molecule has 0 aliphatic carbocycles. The van der Waals surface area contributed by atoms with Gasteiger partial charge in [0.1, 0.15) is 10.8 Å². The first-order valence-corrected chi connectivity index (χ1v) is 11.4. The van der Waals surface area contributed by atoms with Crippen molar-refractivity contribution < 1.29 is 9.53 Å². The SMILES string of the molecule is Cc1ccc(C)c(OCCC(=O)N2CCN(c3cnn(-c4ccccc4)c(=O)c3Cl)CC2)c1. The summed E-state index contributed by atoms with van der Waals surface area (Å²) in [7, 11) is 0. The summed E-state index contributed by atoms with van der Waals surface area (Å²) in [5.74, 6) is 0.878. The van der Waals surface area contributed by atoms with Crippen LogP contribution in [0.4, 0.5) is 5.69 Å². The summed E-state index contributed by atoms with van der Waals surface area (Å²) in [6, 6.07) is 15.2. The third-order valence-electron chi connectivity index (χ3n) is 5.79. The molecule has 8 heteroatoms. The van der Waals surface area contributed by atoms with Gasteiger partial charge in [0.2, 0.25) is 5.91 Å². The van der Waals surface area contributed by atoms with E-state index in [1.807, 2.05) is 60.0 Å². The van der Waals surface area contributed by atoms with Gasteiger partial charge in [-0.1, -0.05) is 41.9 Å². The molecule has 1 aliphatic rings. The standard InChI is InChI=1S/C25H27ClN4O3/c1-18-8-9-19(2)22(16-18)33-15-10-23(31)29-13-11-28(12-14-29)21-17-27-30(25(32)24(21)26)20-6-4-3-5-7-20/h3-9,16-17H,10-15H2,1-2H3. The Kier molecular flexibility index (Phi) is 6.99. The van der Waals surface area contributed by atoms with Crippen LogP contribution in [0.5, 0.6) is 5.75 Å². The fourth-order valence-electron chi connectivity index (χ4n) is 3.86. The summed E-state index contributed by atoms with van der Waals surface area (Å²) < 4.78 is 7.12. The van der Waals surface area contributed by atoms with Gasteiger partial charge in [0, 0.05) is 26.2 Å².